The maximum Gasteiger partial charge on any atom is 0.282 e. The molecule has 4 N–H and O–H groups in total. The van der Waals surface area contributed by atoms with Gasteiger partial charge in [0.1, 0.15) is 22.4 Å². The van der Waals surface area contributed by atoms with Crippen molar-refractivity contribution in [1.29, 1.82) is 5.41 Å². The van der Waals surface area contributed by atoms with E-state index in [-0.39, 0.29) is 5.91 Å². The number of hydrogen-bond donors (Lipinski definition) is 3. The van der Waals surface area contributed by atoms with Crippen molar-refractivity contribution in [3.8, 4) is 0 Å². The Morgan fingerprint density at radius 1 is 1.37 bits per heavy atom. The molecule has 1 aliphatic heterocycles. The van der Waals surface area contributed by atoms with Crippen molar-refractivity contribution in [3.63, 3.8) is 0 Å². The van der Waals surface area contributed by atoms with Crippen LogP contribution in [0.2, 0.25) is 0 Å². The lowest BCUT2D eigenvalue weighted by atomic mass is 9.85. The van der Waals surface area contributed by atoms with Gasteiger partial charge < -0.3 is 26.1 Å². The van der Waals surface area contributed by atoms with Crippen molar-refractivity contribution in [1.82, 2.24) is 19.9 Å². The highest BCUT2D eigenvalue weighted by Gasteiger charge is 2.36. The van der Waals surface area contributed by atoms with Crippen LogP contribution < -0.4 is 11.1 Å². The van der Waals surface area contributed by atoms with Crippen LogP contribution in [0.4, 0.5) is 5.82 Å². The molecule has 1 fully saturated rings. The van der Waals surface area contributed by atoms with Gasteiger partial charge in [0.2, 0.25) is 0 Å². The van der Waals surface area contributed by atoms with Crippen molar-refractivity contribution in [2.75, 3.05) is 25.5 Å². The van der Waals surface area contributed by atoms with Gasteiger partial charge in [-0.25, -0.2) is 15.0 Å². The minimum absolute atomic E-state index is 0.0493. The van der Waals surface area contributed by atoms with Crippen LogP contribution in [0.1, 0.15) is 42.4 Å². The number of ether oxygens (including phenoxy) is 1. The first-order valence-corrected chi connectivity index (χ1v) is 10.7. The fraction of sp³-hybridized carbons (Fsp3) is 0.450. The van der Waals surface area contributed by atoms with Crippen molar-refractivity contribution in [2.45, 2.75) is 38.1 Å². The Bertz CT molecular complexity index is 1050. The molecule has 2 aliphatic rings. The molecular formula is C20H25N7O2S. The highest BCUT2D eigenvalue weighted by molar-refractivity contribution is 7.19. The molecule has 0 aromatic carbocycles. The number of amides is 1. The number of likely N-dealkylation sites (tertiary alicyclic amines) is 1. The van der Waals surface area contributed by atoms with E-state index < -0.39 is 5.54 Å². The molecule has 3 heterocycles. The summed E-state index contributed by atoms with van der Waals surface area (Å²) in [4.78, 5) is 28.7. The van der Waals surface area contributed by atoms with E-state index in [2.05, 4.69) is 20.3 Å². The Kier molecular flexibility index (Phi) is 5.42. The number of carbonyl (C=O) groups excluding carboxylic acids is 1. The Morgan fingerprint density at radius 3 is 2.83 bits per heavy atom. The molecule has 158 valence electrons. The summed E-state index contributed by atoms with van der Waals surface area (Å²) < 4.78 is 5.56. The van der Waals surface area contributed by atoms with Crippen LogP contribution in [0.3, 0.4) is 0 Å². The summed E-state index contributed by atoms with van der Waals surface area (Å²) in [5.41, 5.74) is 7.13. The molecule has 30 heavy (non-hydrogen) atoms. The van der Waals surface area contributed by atoms with Crippen LogP contribution in [0.25, 0.3) is 10.3 Å². The van der Waals surface area contributed by atoms with Gasteiger partial charge in [0.15, 0.2) is 10.8 Å². The number of nitrogens with one attached hydrogen (secondary N) is 2. The molecule has 10 heteroatoms. The van der Waals surface area contributed by atoms with Crippen molar-refractivity contribution < 1.29 is 9.53 Å². The quantitative estimate of drug-likeness (QED) is 0.625. The predicted molar refractivity (Wildman–Crippen MR) is 117 cm³/mol. The van der Waals surface area contributed by atoms with Crippen LogP contribution in [-0.2, 0) is 4.74 Å². The molecule has 2 aromatic rings. The molecule has 1 amide bonds. The number of anilines is 1. The zero-order valence-corrected chi connectivity index (χ0v) is 17.9. The van der Waals surface area contributed by atoms with E-state index in [1.54, 1.807) is 13.2 Å². The Labute approximate surface area is 178 Å². The van der Waals surface area contributed by atoms with Gasteiger partial charge in [-0.05, 0) is 31.8 Å². The molecule has 1 aliphatic carbocycles. The van der Waals surface area contributed by atoms with E-state index in [0.717, 1.165) is 32.4 Å². The average molecular weight is 428 g/mol. The van der Waals surface area contributed by atoms with Gasteiger partial charge >= 0.3 is 0 Å². The van der Waals surface area contributed by atoms with Gasteiger partial charge in [-0.15, -0.1) is 0 Å². The van der Waals surface area contributed by atoms with E-state index in [9.17, 15) is 4.79 Å². The fourth-order valence-electron chi connectivity index (χ4n) is 3.92. The lowest BCUT2D eigenvalue weighted by Gasteiger charge is -2.36. The third-order valence-electron chi connectivity index (χ3n) is 5.56. The SMILES string of the molecule is COC1=CC(N)=C(C=N)CC1(C)Nc1ncnc2sc(C(=O)N3CCCCC3)nc12. The standard InChI is InChI=1S/C20H25N7O2S/c1-20(9-12(10-21)13(22)8-14(20)29-2)26-16-15-17(24-11-23-16)30-18(25-15)19(28)27-6-4-3-5-7-27/h8,10-11,21H,3-7,9,22H2,1-2H3,(H,23,24,26). The summed E-state index contributed by atoms with van der Waals surface area (Å²) in [5.74, 6) is 1.10. The number of methoxy groups -OCH3 is 1. The average Bonchev–Trinajstić information content (AvgIpc) is 3.20. The van der Waals surface area contributed by atoms with Gasteiger partial charge in [0.25, 0.3) is 5.91 Å². The number of piperidine rings is 1. The van der Waals surface area contributed by atoms with Crippen LogP contribution in [0.5, 0.6) is 0 Å². The number of aromatic nitrogens is 3. The van der Waals surface area contributed by atoms with E-state index in [4.69, 9.17) is 15.9 Å². The van der Waals surface area contributed by atoms with Crippen molar-refractivity contribution in [2.24, 2.45) is 5.73 Å². The van der Waals surface area contributed by atoms with E-state index >= 15 is 0 Å². The minimum Gasteiger partial charge on any atom is -0.499 e. The molecule has 9 nitrogen and oxygen atoms in total. The first-order chi connectivity index (χ1) is 14.4. The second-order valence-corrected chi connectivity index (χ2v) is 8.70. The summed E-state index contributed by atoms with van der Waals surface area (Å²) >= 11 is 1.28. The Balaban J connectivity index is 1.66. The molecule has 0 spiro atoms. The van der Waals surface area contributed by atoms with E-state index in [0.29, 0.717) is 44.6 Å². The van der Waals surface area contributed by atoms with Crippen molar-refractivity contribution in [3.05, 3.63) is 34.4 Å². The third-order valence-corrected chi connectivity index (χ3v) is 6.51. The number of nitrogens with zero attached hydrogens (tertiary/aromatic N) is 4. The van der Waals surface area contributed by atoms with Crippen LogP contribution >= 0.6 is 11.3 Å². The normalized spacial score (nSPS) is 22.1. The highest BCUT2D eigenvalue weighted by atomic mass is 32.1. The number of thiazole rings is 1. The maximum absolute atomic E-state index is 12.9. The lowest BCUT2D eigenvalue weighted by Crippen LogP contribution is -2.41. The number of rotatable bonds is 5. The number of carbonyl (C=O) groups is 1. The summed E-state index contributed by atoms with van der Waals surface area (Å²) in [6.45, 7) is 3.50. The molecule has 1 unspecified atom stereocenters. The zero-order valence-electron chi connectivity index (χ0n) is 17.1. The minimum atomic E-state index is -0.674. The maximum atomic E-state index is 12.9. The molecular weight excluding hydrogens is 402 g/mol. The number of nitrogens with two attached hydrogens (primary N) is 1. The molecule has 2 aromatic heterocycles. The van der Waals surface area contributed by atoms with Gasteiger partial charge in [-0.2, -0.15) is 0 Å². The fourth-order valence-corrected chi connectivity index (χ4v) is 4.79. The summed E-state index contributed by atoms with van der Waals surface area (Å²) in [5, 5.41) is 11.5. The number of hydrogen-bond acceptors (Lipinski definition) is 9. The molecule has 4 rings (SSSR count). The van der Waals surface area contributed by atoms with Crippen molar-refractivity contribution >= 4 is 39.6 Å². The molecule has 1 atom stereocenters. The monoisotopic (exact) mass is 427 g/mol. The predicted octanol–water partition coefficient (Wildman–Crippen LogP) is 2.68. The molecule has 0 bridgehead atoms. The van der Waals surface area contributed by atoms with E-state index in [1.807, 2.05) is 11.8 Å². The topological polar surface area (TPSA) is 130 Å². The second kappa shape index (κ2) is 8.02. The van der Waals surface area contributed by atoms with Gasteiger partial charge in [-0.3, -0.25) is 4.79 Å². The van der Waals surface area contributed by atoms with Crippen LogP contribution in [0, 0.1) is 5.41 Å². The number of fused-ring (bicyclic) bond motifs is 1. The molecule has 1 saturated heterocycles. The lowest BCUT2D eigenvalue weighted by molar-refractivity contribution is 0.0724. The van der Waals surface area contributed by atoms with Gasteiger partial charge in [0.05, 0.1) is 12.6 Å². The summed E-state index contributed by atoms with van der Waals surface area (Å²) in [6.07, 6.45) is 8.11. The first-order valence-electron chi connectivity index (χ1n) is 9.89. The first kappa shape index (κ1) is 20.3. The zero-order chi connectivity index (χ0) is 21.3. The Morgan fingerprint density at radius 2 is 2.13 bits per heavy atom. The van der Waals surface area contributed by atoms with Crippen LogP contribution in [-0.4, -0.2) is 57.7 Å². The highest BCUT2D eigenvalue weighted by Crippen LogP contribution is 2.36. The van der Waals surface area contributed by atoms with E-state index in [1.165, 1.54) is 23.9 Å². The third kappa shape index (κ3) is 3.62. The summed E-state index contributed by atoms with van der Waals surface area (Å²) in [6, 6.07) is 0. The van der Waals surface area contributed by atoms with Gasteiger partial charge in [-0.1, -0.05) is 11.3 Å². The molecule has 0 radical (unpaired) electrons. The Hall–Kier alpha value is -3.01. The largest absolute Gasteiger partial charge is 0.499 e. The number of allylic oxidation sites excluding steroid dienone is 1. The summed E-state index contributed by atoms with van der Waals surface area (Å²) in [7, 11) is 1.59. The molecule has 0 saturated carbocycles. The second-order valence-electron chi connectivity index (χ2n) is 7.72. The van der Waals surface area contributed by atoms with Crippen LogP contribution in [0.15, 0.2) is 29.4 Å². The van der Waals surface area contributed by atoms with Gasteiger partial charge in [0, 0.05) is 37.5 Å². The smallest absolute Gasteiger partial charge is 0.282 e.